The van der Waals surface area contributed by atoms with Gasteiger partial charge in [0.05, 0.1) is 0 Å². The van der Waals surface area contributed by atoms with Crippen LogP contribution in [0.1, 0.15) is 46.3 Å². The van der Waals surface area contributed by atoms with E-state index in [2.05, 4.69) is 0 Å². The summed E-state index contributed by atoms with van der Waals surface area (Å²) in [6.45, 7) is 5.07. The maximum absolute atomic E-state index is 13.3. The zero-order valence-electron chi connectivity index (χ0n) is 16.3. The number of carbonyl (C=O) groups excluding carboxylic acids is 2. The minimum absolute atomic E-state index is 0.0119. The predicted octanol–water partition coefficient (Wildman–Crippen LogP) is 4.64. The van der Waals surface area contributed by atoms with Crippen LogP contribution in [0.4, 0.5) is 8.78 Å². The van der Waals surface area contributed by atoms with Crippen LogP contribution in [0, 0.1) is 31.4 Å². The molecule has 5 heteroatoms. The van der Waals surface area contributed by atoms with Crippen molar-refractivity contribution in [2.75, 3.05) is 13.1 Å². The maximum atomic E-state index is 13.3. The number of carbonyl (C=O) groups is 2. The quantitative estimate of drug-likeness (QED) is 0.704. The number of hydrogen-bond acceptors (Lipinski definition) is 2. The molecule has 1 heterocycles. The Morgan fingerprint density at radius 1 is 1.00 bits per heavy atom. The smallest absolute Gasteiger partial charge is 0.222 e. The first-order chi connectivity index (χ1) is 13.3. The molecule has 0 N–H and O–H groups in total. The first kappa shape index (κ1) is 20.2. The third-order valence-electron chi connectivity index (χ3n) is 5.48. The van der Waals surface area contributed by atoms with E-state index in [1.54, 1.807) is 4.90 Å². The molecule has 0 spiro atoms. The number of nitrogens with zero attached hydrogens (tertiary/aromatic N) is 1. The van der Waals surface area contributed by atoms with E-state index < -0.39 is 11.6 Å². The Bertz CT molecular complexity index is 886. The first-order valence-electron chi connectivity index (χ1n) is 9.68. The van der Waals surface area contributed by atoms with Gasteiger partial charge < -0.3 is 4.90 Å². The number of benzene rings is 2. The van der Waals surface area contributed by atoms with Crippen LogP contribution in [-0.2, 0) is 11.2 Å². The number of halogens is 2. The lowest BCUT2D eigenvalue weighted by Gasteiger charge is -2.31. The molecule has 0 bridgehead atoms. The normalized spacial score (nSPS) is 14.9. The molecule has 1 amide bonds. The van der Waals surface area contributed by atoms with Gasteiger partial charge in [0, 0.05) is 31.0 Å². The average Bonchev–Trinajstić information content (AvgIpc) is 2.68. The summed E-state index contributed by atoms with van der Waals surface area (Å²) in [6, 6.07) is 9.59. The van der Waals surface area contributed by atoms with Crippen molar-refractivity contribution in [2.24, 2.45) is 5.92 Å². The SMILES string of the molecule is Cc1ccc(C(=O)C2CCN(C(=O)CCc3ccc(F)c(F)c3)CC2)c(C)c1. The molecule has 1 saturated heterocycles. The number of Topliss-reactive ketones (excluding diaryl/α,β-unsaturated/α-hetero) is 1. The highest BCUT2D eigenvalue weighted by molar-refractivity contribution is 5.99. The average molecular weight is 385 g/mol. The number of piperidine rings is 1. The Labute approximate surface area is 164 Å². The predicted molar refractivity (Wildman–Crippen MR) is 104 cm³/mol. The highest BCUT2D eigenvalue weighted by atomic mass is 19.2. The fraction of sp³-hybridized carbons (Fsp3) is 0.391. The van der Waals surface area contributed by atoms with Crippen molar-refractivity contribution in [2.45, 2.75) is 39.5 Å². The van der Waals surface area contributed by atoms with Crippen LogP contribution in [-0.4, -0.2) is 29.7 Å². The molecule has 2 aromatic carbocycles. The monoisotopic (exact) mass is 385 g/mol. The first-order valence-corrected chi connectivity index (χ1v) is 9.68. The minimum Gasteiger partial charge on any atom is -0.343 e. The second-order valence-electron chi connectivity index (χ2n) is 7.59. The van der Waals surface area contributed by atoms with Gasteiger partial charge in [0.1, 0.15) is 0 Å². The fourth-order valence-electron chi connectivity index (χ4n) is 3.81. The van der Waals surface area contributed by atoms with Crippen LogP contribution < -0.4 is 0 Å². The van der Waals surface area contributed by atoms with Crippen molar-refractivity contribution >= 4 is 11.7 Å². The highest BCUT2D eigenvalue weighted by Crippen LogP contribution is 2.24. The molecule has 0 atom stereocenters. The second-order valence-corrected chi connectivity index (χ2v) is 7.59. The van der Waals surface area contributed by atoms with E-state index >= 15 is 0 Å². The van der Waals surface area contributed by atoms with E-state index in [1.165, 1.54) is 6.07 Å². The summed E-state index contributed by atoms with van der Waals surface area (Å²) in [7, 11) is 0. The lowest BCUT2D eigenvalue weighted by Crippen LogP contribution is -2.40. The van der Waals surface area contributed by atoms with Gasteiger partial charge in [0.2, 0.25) is 5.91 Å². The van der Waals surface area contributed by atoms with E-state index in [9.17, 15) is 18.4 Å². The molecule has 1 fully saturated rings. The molecule has 28 heavy (non-hydrogen) atoms. The molecule has 1 aliphatic heterocycles. The molecule has 3 rings (SSSR count). The summed E-state index contributed by atoms with van der Waals surface area (Å²) in [5, 5.41) is 0. The zero-order valence-corrected chi connectivity index (χ0v) is 16.3. The fourth-order valence-corrected chi connectivity index (χ4v) is 3.81. The number of hydrogen-bond donors (Lipinski definition) is 0. The van der Waals surface area contributed by atoms with Crippen LogP contribution in [0.5, 0.6) is 0 Å². The van der Waals surface area contributed by atoms with Gasteiger partial charge in [-0.25, -0.2) is 8.78 Å². The summed E-state index contributed by atoms with van der Waals surface area (Å²) in [6.07, 6.45) is 1.93. The summed E-state index contributed by atoms with van der Waals surface area (Å²) in [5.41, 5.74) is 3.51. The number of aryl methyl sites for hydroxylation is 3. The third-order valence-corrected chi connectivity index (χ3v) is 5.48. The molecule has 0 unspecified atom stereocenters. The van der Waals surface area contributed by atoms with Crippen molar-refractivity contribution < 1.29 is 18.4 Å². The minimum atomic E-state index is -0.893. The van der Waals surface area contributed by atoms with Crippen molar-refractivity contribution in [1.82, 2.24) is 4.90 Å². The standard InChI is InChI=1S/C23H25F2NO2/c1-15-3-6-19(16(2)13-15)23(28)18-9-11-26(12-10-18)22(27)8-5-17-4-7-20(24)21(25)14-17/h3-4,6-7,13-14,18H,5,8-12H2,1-2H3. The Hall–Kier alpha value is -2.56. The van der Waals surface area contributed by atoms with Crippen LogP contribution >= 0.6 is 0 Å². The maximum Gasteiger partial charge on any atom is 0.222 e. The largest absolute Gasteiger partial charge is 0.343 e. The van der Waals surface area contributed by atoms with Gasteiger partial charge >= 0.3 is 0 Å². The molecule has 3 nitrogen and oxygen atoms in total. The van der Waals surface area contributed by atoms with Gasteiger partial charge in [0.15, 0.2) is 17.4 Å². The third kappa shape index (κ3) is 4.64. The van der Waals surface area contributed by atoms with E-state index in [0.717, 1.165) is 28.8 Å². The molecule has 2 aromatic rings. The van der Waals surface area contributed by atoms with E-state index in [1.807, 2.05) is 32.0 Å². The molecule has 148 valence electrons. The summed E-state index contributed by atoms with van der Waals surface area (Å²) >= 11 is 0. The van der Waals surface area contributed by atoms with Gasteiger partial charge in [0.25, 0.3) is 0 Å². The Morgan fingerprint density at radius 3 is 2.36 bits per heavy atom. The van der Waals surface area contributed by atoms with Gasteiger partial charge in [-0.1, -0.05) is 29.8 Å². The van der Waals surface area contributed by atoms with Gasteiger partial charge in [-0.3, -0.25) is 9.59 Å². The molecule has 0 aliphatic carbocycles. The zero-order chi connectivity index (χ0) is 20.3. The number of amides is 1. The van der Waals surface area contributed by atoms with Crippen LogP contribution in [0.25, 0.3) is 0 Å². The van der Waals surface area contributed by atoms with E-state index in [4.69, 9.17) is 0 Å². The second kappa shape index (κ2) is 8.63. The van der Waals surface area contributed by atoms with Crippen molar-refractivity contribution in [1.29, 1.82) is 0 Å². The molecular weight excluding hydrogens is 360 g/mol. The van der Waals surface area contributed by atoms with Crippen LogP contribution in [0.3, 0.4) is 0 Å². The lowest BCUT2D eigenvalue weighted by molar-refractivity contribution is -0.132. The van der Waals surface area contributed by atoms with Gasteiger partial charge in [-0.2, -0.15) is 0 Å². The molecule has 1 aliphatic rings. The van der Waals surface area contributed by atoms with Gasteiger partial charge in [-0.15, -0.1) is 0 Å². The van der Waals surface area contributed by atoms with E-state index in [-0.39, 0.29) is 24.0 Å². The topological polar surface area (TPSA) is 37.4 Å². The van der Waals surface area contributed by atoms with Crippen LogP contribution in [0.2, 0.25) is 0 Å². The number of ketones is 1. The summed E-state index contributed by atoms with van der Waals surface area (Å²) in [4.78, 5) is 27.0. The summed E-state index contributed by atoms with van der Waals surface area (Å²) in [5.74, 6) is -1.69. The van der Waals surface area contributed by atoms with Crippen molar-refractivity contribution in [3.05, 3.63) is 70.3 Å². The Kier molecular flexibility index (Phi) is 6.22. The lowest BCUT2D eigenvalue weighted by atomic mass is 9.87. The number of rotatable bonds is 5. The number of likely N-dealkylation sites (tertiary alicyclic amines) is 1. The Balaban J connectivity index is 1.52. The van der Waals surface area contributed by atoms with E-state index in [0.29, 0.717) is 37.9 Å². The molecule has 0 radical (unpaired) electrons. The molecule has 0 aromatic heterocycles. The Morgan fingerprint density at radius 2 is 1.71 bits per heavy atom. The van der Waals surface area contributed by atoms with Crippen molar-refractivity contribution in [3.63, 3.8) is 0 Å². The van der Waals surface area contributed by atoms with Crippen LogP contribution in [0.15, 0.2) is 36.4 Å². The van der Waals surface area contributed by atoms with Gasteiger partial charge in [-0.05, 0) is 56.4 Å². The molecular formula is C23H25F2NO2. The highest BCUT2D eigenvalue weighted by Gasteiger charge is 2.28. The summed E-state index contributed by atoms with van der Waals surface area (Å²) < 4.78 is 26.2. The molecule has 0 saturated carbocycles. The van der Waals surface area contributed by atoms with Crippen molar-refractivity contribution in [3.8, 4) is 0 Å².